The number of alkyl halides is 3. The maximum Gasteiger partial charge on any atom is 0.415 e. The number of nitrogens with zero attached hydrogens (tertiary/aromatic N) is 2. The predicted octanol–water partition coefficient (Wildman–Crippen LogP) is 2.90. The van der Waals surface area contributed by atoms with Crippen molar-refractivity contribution in [1.82, 2.24) is 10.2 Å². The smallest absolute Gasteiger partial charge is 0.415 e. The van der Waals surface area contributed by atoms with E-state index in [2.05, 4.69) is 5.32 Å². The number of benzene rings is 1. The molecule has 0 saturated carbocycles. The average Bonchev–Trinajstić information content (AvgIpc) is 2.96. The Morgan fingerprint density at radius 1 is 1.14 bits per heavy atom. The van der Waals surface area contributed by atoms with Crippen LogP contribution in [0.15, 0.2) is 30.3 Å². The van der Waals surface area contributed by atoms with E-state index in [1.807, 2.05) is 0 Å². The van der Waals surface area contributed by atoms with Gasteiger partial charge in [-0.25, -0.2) is 9.59 Å². The molecule has 0 spiro atoms. The molecule has 0 radical (unpaired) electrons. The fourth-order valence-corrected chi connectivity index (χ4v) is 6.13. The summed E-state index contributed by atoms with van der Waals surface area (Å²) in [6, 6.07) is 6.06. The summed E-state index contributed by atoms with van der Waals surface area (Å²) in [4.78, 5) is 53.8. The van der Waals surface area contributed by atoms with Gasteiger partial charge >= 0.3 is 12.1 Å². The fourth-order valence-electron chi connectivity index (χ4n) is 4.05. The van der Waals surface area contributed by atoms with Gasteiger partial charge in [0.05, 0.1) is 15.5 Å². The second-order valence-electron chi connectivity index (χ2n) is 10.1. The van der Waals surface area contributed by atoms with Crippen molar-refractivity contribution in [1.29, 1.82) is 0 Å². The number of β-lactam (4-membered cyclic amide) rings is 1. The van der Waals surface area contributed by atoms with Crippen molar-refractivity contribution in [2.45, 2.75) is 66.2 Å². The van der Waals surface area contributed by atoms with E-state index in [-0.39, 0.29) is 0 Å². The lowest BCUT2D eigenvalue weighted by molar-refractivity contribution is -0.164. The van der Waals surface area contributed by atoms with Crippen molar-refractivity contribution in [3.8, 4) is 0 Å². The fraction of sp³-hybridized carbons (Fsp3) is 0.565. The lowest BCUT2D eigenvalue weighted by Crippen LogP contribution is -2.72. The first-order chi connectivity index (χ1) is 16.9. The first kappa shape index (κ1) is 29.5. The summed E-state index contributed by atoms with van der Waals surface area (Å²) in [5.41, 5.74) is -0.396. The van der Waals surface area contributed by atoms with Crippen LogP contribution in [0.1, 0.15) is 34.6 Å². The summed E-state index contributed by atoms with van der Waals surface area (Å²) < 4.78 is 20.7. The third-order valence-corrected chi connectivity index (χ3v) is 8.18. The number of fused-ring (bicyclic) bond motifs is 1. The minimum absolute atomic E-state index is 0.413. The minimum atomic E-state index is -1.86. The molecule has 0 bridgehead atoms. The number of carbonyl (C=O) groups is 4. The number of hydrogen-bond acceptors (Lipinski definition) is 7. The van der Waals surface area contributed by atoms with Gasteiger partial charge in [-0.05, 0) is 46.8 Å². The zero-order chi connectivity index (χ0) is 27.9. The van der Waals surface area contributed by atoms with E-state index in [1.165, 1.54) is 0 Å². The van der Waals surface area contributed by atoms with Gasteiger partial charge in [0.2, 0.25) is 15.6 Å². The second kappa shape index (κ2) is 10.6. The van der Waals surface area contributed by atoms with E-state index in [0.29, 0.717) is 5.69 Å². The highest BCUT2D eigenvalue weighted by atomic mass is 35.6. The van der Waals surface area contributed by atoms with Gasteiger partial charge in [-0.2, -0.15) is 0 Å². The number of carbonyl (C=O) groups excluding carboxylic acids is 4. The van der Waals surface area contributed by atoms with Gasteiger partial charge < -0.3 is 19.7 Å². The molecule has 204 valence electrons. The van der Waals surface area contributed by atoms with Gasteiger partial charge in [0.1, 0.15) is 36.2 Å². The summed E-state index contributed by atoms with van der Waals surface area (Å²) in [6.45, 7) is 7.18. The van der Waals surface area contributed by atoms with Crippen LogP contribution in [-0.2, 0) is 34.7 Å². The number of esters is 1. The number of rotatable bonds is 6. The molecule has 1 aromatic rings. The van der Waals surface area contributed by atoms with Crippen molar-refractivity contribution in [2.24, 2.45) is 0 Å². The molecule has 0 aliphatic carbocycles. The molecule has 1 aromatic carbocycles. The normalized spacial score (nSPS) is 24.5. The lowest BCUT2D eigenvalue weighted by atomic mass is 9.96. The Hall–Kier alpha value is -2.08. The molecule has 2 aliphatic rings. The quantitative estimate of drug-likeness (QED) is 0.304. The van der Waals surface area contributed by atoms with Crippen molar-refractivity contribution in [3.05, 3.63) is 30.3 Å². The van der Waals surface area contributed by atoms with Gasteiger partial charge in [0.25, 0.3) is 0 Å². The number of para-hydroxylation sites is 1. The number of anilines is 1. The first-order valence-electron chi connectivity index (χ1n) is 11.3. The maximum absolute atomic E-state index is 13.2. The number of ether oxygens (including phenoxy) is 2. The number of amides is 3. The molecule has 1 N–H and O–H groups in total. The van der Waals surface area contributed by atoms with Crippen LogP contribution >= 0.6 is 34.8 Å². The first-order valence-corrected chi connectivity index (χ1v) is 13.6. The SMILES string of the molecule is CC(C)(C)OC(=O)N(CC(=O)NC1C(=O)N2C(C(=O)OCC(Cl)(Cl)Cl)C(C)(C)S(=O)[C@@H]12)c1ccccc1. The maximum atomic E-state index is 13.2. The van der Waals surface area contributed by atoms with Crippen LogP contribution < -0.4 is 10.2 Å². The van der Waals surface area contributed by atoms with Gasteiger partial charge in [-0.3, -0.25) is 18.7 Å². The van der Waals surface area contributed by atoms with Gasteiger partial charge in [-0.1, -0.05) is 53.0 Å². The summed E-state index contributed by atoms with van der Waals surface area (Å²) in [7, 11) is -1.75. The van der Waals surface area contributed by atoms with Crippen LogP contribution in [0.2, 0.25) is 0 Å². The molecular formula is C23H28Cl3N3O7S. The lowest BCUT2D eigenvalue weighted by Gasteiger charge is -2.43. The van der Waals surface area contributed by atoms with Crippen LogP contribution in [-0.4, -0.2) is 77.7 Å². The second-order valence-corrected chi connectivity index (χ2v) is 14.8. The van der Waals surface area contributed by atoms with Crippen molar-refractivity contribution < 1.29 is 32.9 Å². The zero-order valence-electron chi connectivity index (χ0n) is 20.8. The minimum Gasteiger partial charge on any atom is -0.460 e. The summed E-state index contributed by atoms with van der Waals surface area (Å²) >= 11 is 16.9. The highest BCUT2D eigenvalue weighted by Crippen LogP contribution is 2.44. The van der Waals surface area contributed by atoms with Crippen LogP contribution in [0, 0.1) is 0 Å². The van der Waals surface area contributed by atoms with Crippen LogP contribution in [0.25, 0.3) is 0 Å². The molecular weight excluding hydrogens is 569 g/mol. The summed E-state index contributed by atoms with van der Waals surface area (Å²) in [5.74, 6) is -2.16. The molecule has 3 rings (SSSR count). The predicted molar refractivity (Wildman–Crippen MR) is 140 cm³/mol. The Morgan fingerprint density at radius 3 is 2.27 bits per heavy atom. The van der Waals surface area contributed by atoms with E-state index in [4.69, 9.17) is 44.3 Å². The Kier molecular flexibility index (Phi) is 8.44. The molecule has 2 heterocycles. The van der Waals surface area contributed by atoms with Gasteiger partial charge in [-0.15, -0.1) is 0 Å². The summed E-state index contributed by atoms with van der Waals surface area (Å²) in [5, 5.41) is 1.58. The highest BCUT2D eigenvalue weighted by Gasteiger charge is 2.68. The monoisotopic (exact) mass is 595 g/mol. The number of hydrogen-bond donors (Lipinski definition) is 1. The van der Waals surface area contributed by atoms with Crippen molar-refractivity contribution in [3.63, 3.8) is 0 Å². The van der Waals surface area contributed by atoms with Crippen LogP contribution in [0.3, 0.4) is 0 Å². The van der Waals surface area contributed by atoms with Crippen molar-refractivity contribution in [2.75, 3.05) is 18.1 Å². The van der Waals surface area contributed by atoms with Gasteiger partial charge in [0, 0.05) is 5.69 Å². The van der Waals surface area contributed by atoms with E-state index >= 15 is 0 Å². The Bertz CT molecular complexity index is 1110. The van der Waals surface area contributed by atoms with Crippen LogP contribution in [0.4, 0.5) is 10.5 Å². The molecule has 0 aromatic heterocycles. The molecule has 10 nitrogen and oxygen atoms in total. The number of halogens is 3. The molecule has 3 amide bonds. The molecule has 2 aliphatic heterocycles. The molecule has 14 heteroatoms. The Balaban J connectivity index is 1.74. The molecule has 37 heavy (non-hydrogen) atoms. The third kappa shape index (κ3) is 6.50. The molecule has 2 saturated heterocycles. The van der Waals surface area contributed by atoms with Crippen LogP contribution in [0.5, 0.6) is 0 Å². The molecule has 4 atom stereocenters. The average molecular weight is 597 g/mol. The van der Waals surface area contributed by atoms with E-state index in [0.717, 1.165) is 9.80 Å². The summed E-state index contributed by atoms with van der Waals surface area (Å²) in [6.07, 6.45) is -0.752. The molecule has 2 fully saturated rings. The number of nitrogens with one attached hydrogen (secondary N) is 1. The zero-order valence-corrected chi connectivity index (χ0v) is 23.9. The van der Waals surface area contributed by atoms with Gasteiger partial charge in [0.15, 0.2) is 0 Å². The van der Waals surface area contributed by atoms with E-state index in [9.17, 15) is 23.4 Å². The topological polar surface area (TPSA) is 122 Å². The highest BCUT2D eigenvalue weighted by molar-refractivity contribution is 7.87. The standard InChI is InChI=1S/C23H28Cl3N3O7S/c1-21(2,3)36-20(33)28(13-9-7-6-8-10-13)11-14(30)27-15-17(31)29-16(19(32)35-12-23(24,25)26)22(4,5)37(34)18(15)29/h6-10,15-16,18H,11-12H2,1-5H3,(H,27,30)/t15?,16?,18-,37?/m0/s1. The molecule has 3 unspecified atom stereocenters. The largest absolute Gasteiger partial charge is 0.460 e. The van der Waals surface area contributed by atoms with Crippen molar-refractivity contribution >= 4 is 75.2 Å². The Labute approximate surface area is 232 Å². The Morgan fingerprint density at radius 2 is 1.73 bits per heavy atom. The van der Waals surface area contributed by atoms with E-state index in [1.54, 1.807) is 65.0 Å². The van der Waals surface area contributed by atoms with E-state index < -0.39 is 79.4 Å². The third-order valence-electron chi connectivity index (χ3n) is 5.66.